The number of hydrogen-bond acceptors (Lipinski definition) is 3. The minimum Gasteiger partial charge on any atom is -0.386 e. The van der Waals surface area contributed by atoms with Crippen molar-refractivity contribution < 1.29 is 4.84 Å². The number of hydrogen-bond donors (Lipinski definition) is 0. The summed E-state index contributed by atoms with van der Waals surface area (Å²) in [6, 6.07) is 0. The van der Waals surface area contributed by atoms with Crippen molar-refractivity contribution in [3.05, 3.63) is 17.7 Å². The van der Waals surface area contributed by atoms with Gasteiger partial charge in [-0.1, -0.05) is 5.16 Å². The summed E-state index contributed by atoms with van der Waals surface area (Å²) in [6.07, 6.45) is 2.79. The molecule has 2 heterocycles. The lowest BCUT2D eigenvalue weighted by Gasteiger charge is -2.08. The molecule has 0 saturated heterocycles. The van der Waals surface area contributed by atoms with Crippen LogP contribution in [0.2, 0.25) is 0 Å². The first-order valence-corrected chi connectivity index (χ1v) is 4.36. The predicted molar refractivity (Wildman–Crippen MR) is 49.5 cm³/mol. The summed E-state index contributed by atoms with van der Waals surface area (Å²) in [6.45, 7) is 3.95. The molecule has 2 rings (SSSR count). The van der Waals surface area contributed by atoms with Crippen LogP contribution in [0.25, 0.3) is 0 Å². The quantitative estimate of drug-likeness (QED) is 0.656. The number of oxime groups is 1. The minimum absolute atomic E-state index is 0.0613. The summed E-state index contributed by atoms with van der Waals surface area (Å²) in [5.41, 5.74) is 2.14. The lowest BCUT2D eigenvalue weighted by molar-refractivity contribution is 0.0803. The standard InChI is InChI=1S/C9H13N3O/c1-6-4-9(13-11-6)8-5-10-7(2)12(8)3/h5,9H,4H2,1-3H3. The van der Waals surface area contributed by atoms with E-state index >= 15 is 0 Å². The Kier molecular flexibility index (Phi) is 1.83. The Morgan fingerprint density at radius 1 is 1.54 bits per heavy atom. The zero-order chi connectivity index (χ0) is 9.42. The molecule has 0 saturated carbocycles. The molecular formula is C9H13N3O. The van der Waals surface area contributed by atoms with E-state index in [1.54, 1.807) is 0 Å². The van der Waals surface area contributed by atoms with Gasteiger partial charge < -0.3 is 9.40 Å². The van der Waals surface area contributed by atoms with Crippen LogP contribution in [0.15, 0.2) is 11.4 Å². The van der Waals surface area contributed by atoms with Gasteiger partial charge in [0.25, 0.3) is 0 Å². The molecule has 0 radical (unpaired) electrons. The maximum atomic E-state index is 5.27. The van der Waals surface area contributed by atoms with E-state index in [9.17, 15) is 0 Å². The van der Waals surface area contributed by atoms with E-state index in [-0.39, 0.29) is 6.10 Å². The zero-order valence-corrected chi connectivity index (χ0v) is 8.11. The van der Waals surface area contributed by atoms with Crippen LogP contribution in [0.3, 0.4) is 0 Å². The summed E-state index contributed by atoms with van der Waals surface area (Å²) in [5, 5.41) is 3.92. The molecule has 70 valence electrons. The second kappa shape index (κ2) is 2.87. The Labute approximate surface area is 77.2 Å². The molecule has 0 amide bonds. The largest absolute Gasteiger partial charge is 0.386 e. The van der Waals surface area contributed by atoms with Gasteiger partial charge in [0.1, 0.15) is 5.82 Å². The zero-order valence-electron chi connectivity index (χ0n) is 8.11. The molecule has 1 aliphatic heterocycles. The highest BCUT2D eigenvalue weighted by Gasteiger charge is 2.23. The Morgan fingerprint density at radius 3 is 2.77 bits per heavy atom. The van der Waals surface area contributed by atoms with Crippen LogP contribution >= 0.6 is 0 Å². The molecule has 1 unspecified atom stereocenters. The molecule has 1 aromatic rings. The molecule has 0 bridgehead atoms. The summed E-state index contributed by atoms with van der Waals surface area (Å²) in [5.74, 6) is 1.00. The van der Waals surface area contributed by atoms with E-state index in [0.29, 0.717) is 0 Å². The van der Waals surface area contributed by atoms with Crippen molar-refractivity contribution in [3.63, 3.8) is 0 Å². The smallest absolute Gasteiger partial charge is 0.174 e. The molecule has 0 N–H and O–H groups in total. The highest BCUT2D eigenvalue weighted by Crippen LogP contribution is 2.26. The highest BCUT2D eigenvalue weighted by molar-refractivity contribution is 5.82. The Balaban J connectivity index is 2.23. The van der Waals surface area contributed by atoms with Crippen LogP contribution < -0.4 is 0 Å². The van der Waals surface area contributed by atoms with Crippen molar-refractivity contribution in [1.82, 2.24) is 9.55 Å². The molecular weight excluding hydrogens is 166 g/mol. The first kappa shape index (κ1) is 8.29. The Morgan fingerprint density at radius 2 is 2.31 bits per heavy atom. The molecule has 0 aliphatic carbocycles. The summed E-state index contributed by atoms with van der Waals surface area (Å²) < 4.78 is 2.04. The van der Waals surface area contributed by atoms with Crippen LogP contribution in [0.5, 0.6) is 0 Å². The third-order valence-corrected chi connectivity index (χ3v) is 2.40. The van der Waals surface area contributed by atoms with Gasteiger partial charge in [0.2, 0.25) is 0 Å². The van der Waals surface area contributed by atoms with Gasteiger partial charge in [-0.15, -0.1) is 0 Å². The van der Waals surface area contributed by atoms with E-state index in [1.807, 2.05) is 31.7 Å². The molecule has 4 heteroatoms. The SMILES string of the molecule is CC1=NOC(c2cnc(C)n2C)C1. The average Bonchev–Trinajstić information content (AvgIpc) is 2.62. The van der Waals surface area contributed by atoms with Crippen molar-refractivity contribution >= 4 is 5.71 Å². The van der Waals surface area contributed by atoms with Crippen LogP contribution in [0.4, 0.5) is 0 Å². The number of nitrogens with zero attached hydrogens (tertiary/aromatic N) is 3. The number of imidazole rings is 1. The number of aryl methyl sites for hydroxylation is 1. The van der Waals surface area contributed by atoms with Gasteiger partial charge in [-0.2, -0.15) is 0 Å². The first-order chi connectivity index (χ1) is 6.18. The molecule has 0 spiro atoms. The summed E-state index contributed by atoms with van der Waals surface area (Å²) in [7, 11) is 1.99. The normalized spacial score (nSPS) is 21.5. The van der Waals surface area contributed by atoms with E-state index in [2.05, 4.69) is 10.1 Å². The van der Waals surface area contributed by atoms with Gasteiger partial charge in [0.15, 0.2) is 6.10 Å². The van der Waals surface area contributed by atoms with Gasteiger partial charge in [-0.25, -0.2) is 4.98 Å². The van der Waals surface area contributed by atoms with E-state index < -0.39 is 0 Å². The van der Waals surface area contributed by atoms with E-state index in [1.165, 1.54) is 0 Å². The maximum Gasteiger partial charge on any atom is 0.174 e. The van der Waals surface area contributed by atoms with Gasteiger partial charge in [-0.3, -0.25) is 0 Å². The van der Waals surface area contributed by atoms with Crippen LogP contribution in [-0.4, -0.2) is 15.3 Å². The van der Waals surface area contributed by atoms with E-state index in [4.69, 9.17) is 4.84 Å². The number of aromatic nitrogens is 2. The monoisotopic (exact) mass is 179 g/mol. The fourth-order valence-corrected chi connectivity index (χ4v) is 1.47. The third kappa shape index (κ3) is 1.32. The Hall–Kier alpha value is -1.32. The minimum atomic E-state index is 0.0613. The first-order valence-electron chi connectivity index (χ1n) is 4.36. The molecule has 0 aromatic carbocycles. The fraction of sp³-hybridized carbons (Fsp3) is 0.556. The summed E-state index contributed by atoms with van der Waals surface area (Å²) >= 11 is 0. The topological polar surface area (TPSA) is 39.4 Å². The predicted octanol–water partition coefficient (Wildman–Crippen LogP) is 1.57. The van der Waals surface area contributed by atoms with E-state index in [0.717, 1.165) is 23.7 Å². The van der Waals surface area contributed by atoms with Gasteiger partial charge >= 0.3 is 0 Å². The molecule has 4 nitrogen and oxygen atoms in total. The fourth-order valence-electron chi connectivity index (χ4n) is 1.47. The van der Waals surface area contributed by atoms with Crippen molar-refractivity contribution in [2.24, 2.45) is 12.2 Å². The van der Waals surface area contributed by atoms with Crippen LogP contribution in [0.1, 0.15) is 31.0 Å². The highest BCUT2D eigenvalue weighted by atomic mass is 16.6. The van der Waals surface area contributed by atoms with Gasteiger partial charge in [0, 0.05) is 13.5 Å². The second-order valence-electron chi connectivity index (χ2n) is 3.41. The van der Waals surface area contributed by atoms with Crippen molar-refractivity contribution in [2.75, 3.05) is 0 Å². The Bertz CT molecular complexity index is 354. The maximum absolute atomic E-state index is 5.27. The average molecular weight is 179 g/mol. The number of rotatable bonds is 1. The van der Waals surface area contributed by atoms with Crippen LogP contribution in [0, 0.1) is 6.92 Å². The molecule has 1 atom stereocenters. The third-order valence-electron chi connectivity index (χ3n) is 2.40. The molecule has 13 heavy (non-hydrogen) atoms. The second-order valence-corrected chi connectivity index (χ2v) is 3.41. The van der Waals surface area contributed by atoms with Gasteiger partial charge in [0.05, 0.1) is 17.6 Å². The van der Waals surface area contributed by atoms with Crippen molar-refractivity contribution in [3.8, 4) is 0 Å². The molecule has 1 aromatic heterocycles. The molecule has 0 fully saturated rings. The molecule has 1 aliphatic rings. The van der Waals surface area contributed by atoms with Gasteiger partial charge in [-0.05, 0) is 13.8 Å². The summed E-state index contributed by atoms with van der Waals surface area (Å²) in [4.78, 5) is 9.49. The lowest BCUT2D eigenvalue weighted by Crippen LogP contribution is -2.05. The van der Waals surface area contributed by atoms with Crippen molar-refractivity contribution in [1.29, 1.82) is 0 Å². The lowest BCUT2D eigenvalue weighted by atomic mass is 10.1. The van der Waals surface area contributed by atoms with Crippen molar-refractivity contribution in [2.45, 2.75) is 26.4 Å². The van der Waals surface area contributed by atoms with Crippen LogP contribution in [-0.2, 0) is 11.9 Å².